The molecule has 1 aromatic carbocycles. The molecule has 0 atom stereocenters. The quantitative estimate of drug-likeness (QED) is 0.768. The van der Waals surface area contributed by atoms with Crippen molar-refractivity contribution in [1.29, 1.82) is 0 Å². The monoisotopic (exact) mass is 314 g/mol. The molecule has 0 saturated heterocycles. The number of nitrogens with one attached hydrogen (secondary N) is 1. The highest BCUT2D eigenvalue weighted by atomic mass is 79.9. The van der Waals surface area contributed by atoms with Gasteiger partial charge in [0.2, 0.25) is 5.91 Å². The molecule has 6 heteroatoms. The predicted octanol–water partition coefficient (Wildman–Crippen LogP) is 0.989. The Labute approximate surface area is 114 Å². The Morgan fingerprint density at radius 2 is 2.17 bits per heavy atom. The van der Waals surface area contributed by atoms with E-state index < -0.39 is 5.91 Å². The zero-order valence-corrected chi connectivity index (χ0v) is 11.6. The number of amides is 2. The molecule has 2 amide bonds. The number of carbonyl (C=O) groups excluding carboxylic acids is 2. The molecule has 0 heterocycles. The summed E-state index contributed by atoms with van der Waals surface area (Å²) in [5.74, 6) is -0.712. The third-order valence-corrected chi connectivity index (χ3v) is 3.27. The molecule has 0 bridgehead atoms. The highest BCUT2D eigenvalue weighted by Gasteiger charge is 2.10. The van der Waals surface area contributed by atoms with Gasteiger partial charge in [-0.25, -0.2) is 0 Å². The van der Waals surface area contributed by atoms with Crippen molar-refractivity contribution >= 4 is 27.7 Å². The van der Waals surface area contributed by atoms with Gasteiger partial charge in [0.15, 0.2) is 0 Å². The molecule has 0 spiro atoms. The number of halogens is 1. The number of carbonyl (C=O) groups is 2. The van der Waals surface area contributed by atoms with Gasteiger partial charge in [0.1, 0.15) is 6.61 Å². The Morgan fingerprint density at radius 3 is 2.83 bits per heavy atom. The minimum Gasteiger partial charge on any atom is -0.370 e. The maximum atomic E-state index is 11.8. The first-order chi connectivity index (χ1) is 8.52. The summed E-state index contributed by atoms with van der Waals surface area (Å²) in [5, 5.41) is 2.69. The third-order valence-electron chi connectivity index (χ3n) is 2.21. The van der Waals surface area contributed by atoms with Gasteiger partial charge in [-0.2, -0.15) is 0 Å². The number of nitrogens with two attached hydrogens (primary N) is 1. The molecule has 0 aliphatic carbocycles. The molecular formula is C12H15BrN2O3. The lowest BCUT2D eigenvalue weighted by Gasteiger charge is -2.08. The number of primary amides is 1. The first kappa shape index (κ1) is 14.7. The minimum absolute atomic E-state index is 0.135. The molecule has 0 aromatic heterocycles. The summed E-state index contributed by atoms with van der Waals surface area (Å²) in [4.78, 5) is 22.2. The van der Waals surface area contributed by atoms with E-state index in [1.807, 2.05) is 19.1 Å². The molecule has 98 valence electrons. The van der Waals surface area contributed by atoms with Gasteiger partial charge in [0.05, 0.1) is 12.2 Å². The molecule has 1 aromatic rings. The maximum absolute atomic E-state index is 11.8. The second-order valence-electron chi connectivity index (χ2n) is 3.71. The molecule has 5 nitrogen and oxygen atoms in total. The SMILES string of the molecule is Cc1cccc(C(=O)NCCOCC(N)=O)c1Br. The summed E-state index contributed by atoms with van der Waals surface area (Å²) in [5.41, 5.74) is 6.47. The standard InChI is InChI=1S/C12H15BrN2O3/c1-8-3-2-4-9(11(8)13)12(17)15-5-6-18-7-10(14)16/h2-4H,5-7H2,1H3,(H2,14,16)(H,15,17). The highest BCUT2D eigenvalue weighted by Crippen LogP contribution is 2.20. The van der Waals surface area contributed by atoms with Crippen LogP contribution in [0.2, 0.25) is 0 Å². The summed E-state index contributed by atoms with van der Waals surface area (Å²) in [6.07, 6.45) is 0. The van der Waals surface area contributed by atoms with Gasteiger partial charge < -0.3 is 15.8 Å². The summed E-state index contributed by atoms with van der Waals surface area (Å²) in [6, 6.07) is 5.46. The smallest absolute Gasteiger partial charge is 0.252 e. The number of hydrogen-bond acceptors (Lipinski definition) is 3. The van der Waals surface area contributed by atoms with Gasteiger partial charge >= 0.3 is 0 Å². The van der Waals surface area contributed by atoms with Crippen LogP contribution in [0.4, 0.5) is 0 Å². The van der Waals surface area contributed by atoms with Crippen molar-refractivity contribution in [3.05, 3.63) is 33.8 Å². The van der Waals surface area contributed by atoms with Crippen molar-refractivity contribution in [2.24, 2.45) is 5.73 Å². The predicted molar refractivity (Wildman–Crippen MR) is 71.2 cm³/mol. The number of benzene rings is 1. The topological polar surface area (TPSA) is 81.4 Å². The second-order valence-corrected chi connectivity index (χ2v) is 4.50. The van der Waals surface area contributed by atoms with Crippen molar-refractivity contribution in [1.82, 2.24) is 5.32 Å². The molecule has 0 unspecified atom stereocenters. The van der Waals surface area contributed by atoms with E-state index in [4.69, 9.17) is 10.5 Å². The molecular weight excluding hydrogens is 300 g/mol. The summed E-state index contributed by atoms with van der Waals surface area (Å²) in [6.45, 7) is 2.35. The summed E-state index contributed by atoms with van der Waals surface area (Å²) < 4.78 is 5.71. The molecule has 3 N–H and O–H groups in total. The van der Waals surface area contributed by atoms with E-state index in [1.165, 1.54) is 0 Å². The van der Waals surface area contributed by atoms with Crippen LogP contribution in [0.3, 0.4) is 0 Å². The fourth-order valence-corrected chi connectivity index (χ4v) is 1.77. The van der Waals surface area contributed by atoms with E-state index in [9.17, 15) is 9.59 Å². The summed E-state index contributed by atoms with van der Waals surface area (Å²) >= 11 is 3.37. The number of rotatable bonds is 6. The number of aryl methyl sites for hydroxylation is 1. The zero-order chi connectivity index (χ0) is 13.5. The van der Waals surface area contributed by atoms with Crippen LogP contribution in [0.1, 0.15) is 15.9 Å². The third kappa shape index (κ3) is 4.46. The van der Waals surface area contributed by atoms with E-state index in [0.717, 1.165) is 10.0 Å². The molecule has 0 fully saturated rings. The average Bonchev–Trinajstić information content (AvgIpc) is 2.31. The van der Waals surface area contributed by atoms with Crippen molar-refractivity contribution in [2.45, 2.75) is 6.92 Å². The van der Waals surface area contributed by atoms with Crippen LogP contribution in [0.25, 0.3) is 0 Å². The van der Waals surface area contributed by atoms with Crippen molar-refractivity contribution < 1.29 is 14.3 Å². The van der Waals surface area contributed by atoms with Gasteiger partial charge in [-0.15, -0.1) is 0 Å². The van der Waals surface area contributed by atoms with Gasteiger partial charge in [-0.1, -0.05) is 12.1 Å². The van der Waals surface area contributed by atoms with Gasteiger partial charge in [-0.3, -0.25) is 9.59 Å². The van der Waals surface area contributed by atoms with E-state index in [0.29, 0.717) is 12.1 Å². The zero-order valence-electron chi connectivity index (χ0n) is 10.0. The molecule has 0 radical (unpaired) electrons. The fourth-order valence-electron chi connectivity index (χ4n) is 1.33. The van der Waals surface area contributed by atoms with Crippen molar-refractivity contribution in [3.63, 3.8) is 0 Å². The van der Waals surface area contributed by atoms with Gasteiger partial charge in [0, 0.05) is 11.0 Å². The fraction of sp³-hybridized carbons (Fsp3) is 0.333. The first-order valence-electron chi connectivity index (χ1n) is 5.41. The van der Waals surface area contributed by atoms with Crippen molar-refractivity contribution in [3.8, 4) is 0 Å². The van der Waals surface area contributed by atoms with Crippen LogP contribution in [-0.4, -0.2) is 31.6 Å². The highest BCUT2D eigenvalue weighted by molar-refractivity contribution is 9.10. The van der Waals surface area contributed by atoms with Crippen LogP contribution in [0.5, 0.6) is 0 Å². The Kier molecular flexibility index (Phi) is 5.80. The van der Waals surface area contributed by atoms with E-state index >= 15 is 0 Å². The molecule has 0 saturated carbocycles. The van der Waals surface area contributed by atoms with Crippen LogP contribution in [0.15, 0.2) is 22.7 Å². The lowest BCUT2D eigenvalue weighted by atomic mass is 10.1. The number of hydrogen-bond donors (Lipinski definition) is 2. The molecule has 1 rings (SSSR count). The van der Waals surface area contributed by atoms with E-state index in [2.05, 4.69) is 21.2 Å². The normalized spacial score (nSPS) is 10.1. The van der Waals surface area contributed by atoms with Crippen LogP contribution in [0, 0.1) is 6.92 Å². The first-order valence-corrected chi connectivity index (χ1v) is 6.21. The lowest BCUT2D eigenvalue weighted by molar-refractivity contribution is -0.122. The average molecular weight is 315 g/mol. The van der Waals surface area contributed by atoms with Crippen molar-refractivity contribution in [2.75, 3.05) is 19.8 Å². The van der Waals surface area contributed by atoms with Gasteiger partial charge in [-0.05, 0) is 34.5 Å². The van der Waals surface area contributed by atoms with Crippen LogP contribution in [-0.2, 0) is 9.53 Å². The maximum Gasteiger partial charge on any atom is 0.252 e. The summed E-state index contributed by atoms with van der Waals surface area (Å²) in [7, 11) is 0. The van der Waals surface area contributed by atoms with E-state index in [-0.39, 0.29) is 19.1 Å². The number of ether oxygens (including phenoxy) is 1. The Morgan fingerprint density at radius 1 is 1.44 bits per heavy atom. The molecule has 0 aliphatic rings. The largest absolute Gasteiger partial charge is 0.370 e. The van der Waals surface area contributed by atoms with Crippen LogP contribution >= 0.6 is 15.9 Å². The van der Waals surface area contributed by atoms with Crippen LogP contribution < -0.4 is 11.1 Å². The Hall–Kier alpha value is -1.40. The second kappa shape index (κ2) is 7.13. The molecule has 0 aliphatic heterocycles. The lowest BCUT2D eigenvalue weighted by Crippen LogP contribution is -2.29. The minimum atomic E-state index is -0.525. The Balaban J connectivity index is 2.41. The van der Waals surface area contributed by atoms with E-state index in [1.54, 1.807) is 6.07 Å². The molecule has 18 heavy (non-hydrogen) atoms. The van der Waals surface area contributed by atoms with Gasteiger partial charge in [0.25, 0.3) is 5.91 Å². The Bertz CT molecular complexity index is 449.